The Morgan fingerprint density at radius 3 is 2.75 bits per heavy atom. The van der Waals surface area contributed by atoms with E-state index in [4.69, 9.17) is 4.74 Å². The second kappa shape index (κ2) is 4.22. The zero-order valence-corrected chi connectivity index (χ0v) is 10.7. The third-order valence-corrected chi connectivity index (χ3v) is 5.33. The quantitative estimate of drug-likeness (QED) is 0.753. The second-order valence-electron chi connectivity index (χ2n) is 3.65. The fraction of sp³-hybridized carbons (Fsp3) is 0.231. The monoisotopic (exact) mass is 248 g/mol. The van der Waals surface area contributed by atoms with Crippen LogP contribution in [-0.2, 0) is 0 Å². The van der Waals surface area contributed by atoms with Gasteiger partial charge in [-0.25, -0.2) is 0 Å². The smallest absolute Gasteiger partial charge is 0.126 e. The van der Waals surface area contributed by atoms with E-state index in [9.17, 15) is 0 Å². The zero-order valence-electron chi connectivity index (χ0n) is 9.03. The first-order chi connectivity index (χ1) is 7.90. The van der Waals surface area contributed by atoms with E-state index >= 15 is 0 Å². The molecule has 0 aromatic heterocycles. The predicted octanol–water partition coefficient (Wildman–Crippen LogP) is 4.05. The Balaban J connectivity index is 2.31. The van der Waals surface area contributed by atoms with Gasteiger partial charge in [-0.1, -0.05) is 12.1 Å². The number of methoxy groups -OCH3 is 1. The number of hydrogen-bond acceptors (Lipinski definition) is 3. The average molecular weight is 248 g/mol. The van der Waals surface area contributed by atoms with Crippen LogP contribution in [0, 0.1) is 0 Å². The highest BCUT2D eigenvalue weighted by Gasteiger charge is 2.14. The molecule has 82 valence electrons. The molecule has 16 heavy (non-hydrogen) atoms. The molecule has 1 nitrogen and oxygen atoms in total. The molecule has 3 rings (SSSR count). The standard InChI is InChI=1S/C13H12OS2/c1-14-11-4-2-3-10-9(11)5-6-12-13(10)16-8-7-15-12/h2-6H,7-8H2,1H3. The van der Waals surface area contributed by atoms with E-state index in [1.165, 1.54) is 32.1 Å². The van der Waals surface area contributed by atoms with Gasteiger partial charge in [0.15, 0.2) is 0 Å². The van der Waals surface area contributed by atoms with Crippen molar-refractivity contribution in [3.8, 4) is 5.75 Å². The Morgan fingerprint density at radius 1 is 1.00 bits per heavy atom. The fourth-order valence-corrected chi connectivity index (χ4v) is 4.41. The number of ether oxygens (including phenoxy) is 1. The van der Waals surface area contributed by atoms with Crippen LogP contribution in [0.2, 0.25) is 0 Å². The van der Waals surface area contributed by atoms with Gasteiger partial charge in [-0.2, -0.15) is 0 Å². The number of fused-ring (bicyclic) bond motifs is 3. The third kappa shape index (κ3) is 1.59. The van der Waals surface area contributed by atoms with Crippen molar-refractivity contribution >= 4 is 34.3 Å². The Bertz CT molecular complexity index is 537. The predicted molar refractivity (Wildman–Crippen MR) is 71.9 cm³/mol. The fourth-order valence-electron chi connectivity index (χ4n) is 2.02. The molecule has 0 N–H and O–H groups in total. The van der Waals surface area contributed by atoms with E-state index in [2.05, 4.69) is 24.3 Å². The lowest BCUT2D eigenvalue weighted by atomic mass is 10.1. The lowest BCUT2D eigenvalue weighted by Crippen LogP contribution is -1.95. The van der Waals surface area contributed by atoms with Gasteiger partial charge in [-0.05, 0) is 18.2 Å². The van der Waals surface area contributed by atoms with Gasteiger partial charge >= 0.3 is 0 Å². The third-order valence-electron chi connectivity index (χ3n) is 2.74. The molecule has 1 aliphatic heterocycles. The number of rotatable bonds is 1. The van der Waals surface area contributed by atoms with Crippen LogP contribution >= 0.6 is 23.5 Å². The summed E-state index contributed by atoms with van der Waals surface area (Å²) in [4.78, 5) is 2.84. The van der Waals surface area contributed by atoms with E-state index in [0.717, 1.165) is 5.75 Å². The van der Waals surface area contributed by atoms with Gasteiger partial charge in [0.05, 0.1) is 7.11 Å². The number of benzene rings is 2. The van der Waals surface area contributed by atoms with Crippen molar-refractivity contribution in [3.63, 3.8) is 0 Å². The SMILES string of the molecule is COc1cccc2c3c(ccc12)SCCS3. The molecule has 0 unspecified atom stereocenters. The maximum atomic E-state index is 5.40. The molecule has 0 atom stereocenters. The van der Waals surface area contributed by atoms with Crippen LogP contribution in [0.15, 0.2) is 40.1 Å². The van der Waals surface area contributed by atoms with E-state index in [1.807, 2.05) is 29.6 Å². The first kappa shape index (κ1) is 10.4. The van der Waals surface area contributed by atoms with Crippen molar-refractivity contribution in [2.24, 2.45) is 0 Å². The zero-order chi connectivity index (χ0) is 11.0. The normalized spacial score (nSPS) is 14.8. The minimum Gasteiger partial charge on any atom is -0.496 e. The molecule has 0 radical (unpaired) electrons. The summed E-state index contributed by atoms with van der Waals surface area (Å²) >= 11 is 3.92. The van der Waals surface area contributed by atoms with E-state index in [1.54, 1.807) is 7.11 Å². The molecule has 0 saturated heterocycles. The van der Waals surface area contributed by atoms with Crippen molar-refractivity contribution in [2.45, 2.75) is 9.79 Å². The Hall–Kier alpha value is -0.800. The van der Waals surface area contributed by atoms with Crippen molar-refractivity contribution in [1.29, 1.82) is 0 Å². The van der Waals surface area contributed by atoms with Crippen LogP contribution in [0.1, 0.15) is 0 Å². The molecule has 0 spiro atoms. The van der Waals surface area contributed by atoms with Gasteiger partial charge in [-0.3, -0.25) is 0 Å². The van der Waals surface area contributed by atoms with Gasteiger partial charge in [-0.15, -0.1) is 23.5 Å². The van der Waals surface area contributed by atoms with Crippen LogP contribution in [0.3, 0.4) is 0 Å². The van der Waals surface area contributed by atoms with Crippen molar-refractivity contribution in [2.75, 3.05) is 18.6 Å². The summed E-state index contributed by atoms with van der Waals surface area (Å²) in [7, 11) is 1.73. The van der Waals surface area contributed by atoms with Gasteiger partial charge in [0.25, 0.3) is 0 Å². The maximum absolute atomic E-state index is 5.40. The van der Waals surface area contributed by atoms with Crippen molar-refractivity contribution in [3.05, 3.63) is 30.3 Å². The Morgan fingerprint density at radius 2 is 1.88 bits per heavy atom. The summed E-state index contributed by atoms with van der Waals surface area (Å²) < 4.78 is 5.40. The number of hydrogen-bond donors (Lipinski definition) is 0. The summed E-state index contributed by atoms with van der Waals surface area (Å²) in [5.74, 6) is 3.39. The van der Waals surface area contributed by atoms with Crippen LogP contribution in [0.25, 0.3) is 10.8 Å². The highest BCUT2D eigenvalue weighted by atomic mass is 32.2. The minimum atomic E-state index is 0.969. The molecule has 0 bridgehead atoms. The molecule has 3 heteroatoms. The molecule has 1 aliphatic rings. The van der Waals surface area contributed by atoms with E-state index in [-0.39, 0.29) is 0 Å². The maximum Gasteiger partial charge on any atom is 0.126 e. The van der Waals surface area contributed by atoms with Gasteiger partial charge in [0, 0.05) is 32.1 Å². The molecule has 2 aromatic rings. The van der Waals surface area contributed by atoms with Crippen LogP contribution < -0.4 is 4.74 Å². The lowest BCUT2D eigenvalue weighted by molar-refractivity contribution is 0.420. The van der Waals surface area contributed by atoms with Crippen molar-refractivity contribution in [1.82, 2.24) is 0 Å². The second-order valence-corrected chi connectivity index (χ2v) is 5.89. The summed E-state index contributed by atoms with van der Waals surface area (Å²) in [5, 5.41) is 2.55. The highest BCUT2D eigenvalue weighted by Crippen LogP contribution is 2.42. The van der Waals surface area contributed by atoms with Gasteiger partial charge in [0.2, 0.25) is 0 Å². The molecule has 2 aromatic carbocycles. The summed E-state index contributed by atoms with van der Waals surface area (Å²) in [6, 6.07) is 10.7. The minimum absolute atomic E-state index is 0.969. The molecule has 1 heterocycles. The topological polar surface area (TPSA) is 9.23 Å². The first-order valence-electron chi connectivity index (χ1n) is 5.25. The molecule has 0 saturated carbocycles. The Kier molecular flexibility index (Phi) is 2.74. The highest BCUT2D eigenvalue weighted by molar-refractivity contribution is 8.05. The van der Waals surface area contributed by atoms with E-state index < -0.39 is 0 Å². The molecule has 0 amide bonds. The van der Waals surface area contributed by atoms with Crippen LogP contribution in [0.4, 0.5) is 0 Å². The molecular weight excluding hydrogens is 236 g/mol. The number of thioether (sulfide) groups is 2. The molecule has 0 aliphatic carbocycles. The molecule has 0 fully saturated rings. The van der Waals surface area contributed by atoms with Crippen LogP contribution in [-0.4, -0.2) is 18.6 Å². The van der Waals surface area contributed by atoms with Crippen LogP contribution in [0.5, 0.6) is 5.75 Å². The van der Waals surface area contributed by atoms with Gasteiger partial charge in [0.1, 0.15) is 5.75 Å². The largest absolute Gasteiger partial charge is 0.496 e. The van der Waals surface area contributed by atoms with Crippen molar-refractivity contribution < 1.29 is 4.74 Å². The summed E-state index contributed by atoms with van der Waals surface area (Å²) in [6.45, 7) is 0. The van der Waals surface area contributed by atoms with E-state index in [0.29, 0.717) is 0 Å². The van der Waals surface area contributed by atoms with Gasteiger partial charge < -0.3 is 4.74 Å². The summed E-state index contributed by atoms with van der Waals surface area (Å²) in [6.07, 6.45) is 0. The summed E-state index contributed by atoms with van der Waals surface area (Å²) in [5.41, 5.74) is 0. The Labute approximate surface area is 104 Å². The lowest BCUT2D eigenvalue weighted by Gasteiger charge is -2.17. The average Bonchev–Trinajstić information content (AvgIpc) is 2.37. The first-order valence-corrected chi connectivity index (χ1v) is 7.22. The molecular formula is C13H12OS2.